The number of nitrogens with zero attached hydrogens (tertiary/aromatic N) is 2. The molecule has 4 bridgehead atoms. The van der Waals surface area contributed by atoms with E-state index >= 15 is 0 Å². The Labute approximate surface area is 184 Å². The Morgan fingerprint density at radius 1 is 1.13 bits per heavy atom. The molecular weight excluding hydrogens is 392 g/mol. The number of nitrogens with one attached hydrogen (secondary N) is 2. The highest BCUT2D eigenvalue weighted by molar-refractivity contribution is 5.96. The van der Waals surface area contributed by atoms with Gasteiger partial charge in [0.2, 0.25) is 0 Å². The summed E-state index contributed by atoms with van der Waals surface area (Å²) < 4.78 is 0. The summed E-state index contributed by atoms with van der Waals surface area (Å²) in [5.41, 5.74) is 1.52. The van der Waals surface area contributed by atoms with Gasteiger partial charge in [-0.25, -0.2) is 0 Å². The van der Waals surface area contributed by atoms with Gasteiger partial charge in [0.15, 0.2) is 0 Å². The number of anilines is 1. The van der Waals surface area contributed by atoms with Gasteiger partial charge in [0.1, 0.15) is 5.69 Å². The van der Waals surface area contributed by atoms with E-state index < -0.39 is 0 Å². The summed E-state index contributed by atoms with van der Waals surface area (Å²) in [4.78, 5) is 28.3. The van der Waals surface area contributed by atoms with E-state index in [1.165, 1.54) is 30.2 Å². The average Bonchev–Trinajstić information content (AvgIpc) is 2.65. The summed E-state index contributed by atoms with van der Waals surface area (Å²) in [5, 5.41) is 15.2. The molecule has 4 aliphatic carbocycles. The minimum Gasteiger partial charge on any atom is -0.355 e. The van der Waals surface area contributed by atoms with Crippen molar-refractivity contribution in [3.05, 3.63) is 33.9 Å². The number of amides is 1. The van der Waals surface area contributed by atoms with Crippen LogP contribution in [0.1, 0.15) is 62.7 Å². The van der Waals surface area contributed by atoms with Gasteiger partial charge in [-0.2, -0.15) is 0 Å². The van der Waals surface area contributed by atoms with Gasteiger partial charge in [0, 0.05) is 17.2 Å². The van der Waals surface area contributed by atoms with Gasteiger partial charge in [-0.15, -0.1) is 0 Å². The lowest BCUT2D eigenvalue weighted by Crippen LogP contribution is -3.12. The molecule has 0 radical (unpaired) electrons. The Hall–Kier alpha value is -2.15. The Morgan fingerprint density at radius 2 is 1.77 bits per heavy atom. The Balaban J connectivity index is 1.39. The van der Waals surface area contributed by atoms with E-state index in [1.807, 2.05) is 0 Å². The van der Waals surface area contributed by atoms with Gasteiger partial charge >= 0.3 is 0 Å². The number of nitro benzene ring substituents is 1. The van der Waals surface area contributed by atoms with Crippen molar-refractivity contribution in [2.24, 2.45) is 16.7 Å². The third kappa shape index (κ3) is 3.71. The fraction of sp³-hybridized carbons (Fsp3) is 0.708. The maximum absolute atomic E-state index is 13.3. The summed E-state index contributed by atoms with van der Waals surface area (Å²) in [6.45, 7) is 8.27. The summed E-state index contributed by atoms with van der Waals surface area (Å²) in [6.07, 6.45) is 6.90. The molecule has 0 aromatic heterocycles. The number of hydrogen-bond donors (Lipinski definition) is 2. The summed E-state index contributed by atoms with van der Waals surface area (Å²) >= 11 is 0. The second kappa shape index (κ2) is 6.92. The van der Waals surface area contributed by atoms with E-state index in [9.17, 15) is 14.9 Å². The third-order valence-corrected chi connectivity index (χ3v) is 8.40. The van der Waals surface area contributed by atoms with Gasteiger partial charge in [0.25, 0.3) is 11.6 Å². The maximum Gasteiger partial charge on any atom is 0.293 e. The minimum absolute atomic E-state index is 0.0386. The molecule has 7 heteroatoms. The number of hydrogen-bond acceptors (Lipinski definition) is 4. The summed E-state index contributed by atoms with van der Waals surface area (Å²) in [5.74, 6) is 0.522. The second-order valence-corrected chi connectivity index (χ2v) is 11.8. The first kappa shape index (κ1) is 20.7. The molecule has 4 saturated carbocycles. The van der Waals surface area contributed by atoms with Gasteiger partial charge < -0.3 is 15.1 Å². The first-order valence-corrected chi connectivity index (χ1v) is 11.8. The molecule has 7 nitrogen and oxygen atoms in total. The minimum atomic E-state index is -0.343. The van der Waals surface area contributed by atoms with Crippen molar-refractivity contribution in [2.75, 3.05) is 38.1 Å². The number of rotatable bonds is 4. The third-order valence-electron chi connectivity index (χ3n) is 8.40. The van der Waals surface area contributed by atoms with Crippen LogP contribution < -0.4 is 15.1 Å². The van der Waals surface area contributed by atoms with Crippen LogP contribution >= 0.6 is 0 Å². The van der Waals surface area contributed by atoms with Crippen molar-refractivity contribution in [1.29, 1.82) is 0 Å². The molecule has 0 spiro atoms. The molecule has 1 saturated heterocycles. The average molecular weight is 428 g/mol. The van der Waals surface area contributed by atoms with E-state index in [0.717, 1.165) is 45.4 Å². The van der Waals surface area contributed by atoms with E-state index in [2.05, 4.69) is 31.1 Å². The van der Waals surface area contributed by atoms with Gasteiger partial charge in [0.05, 0.1) is 38.2 Å². The summed E-state index contributed by atoms with van der Waals surface area (Å²) in [7, 11) is 2.14. The van der Waals surface area contributed by atoms with Crippen LogP contribution in [0.25, 0.3) is 0 Å². The van der Waals surface area contributed by atoms with Crippen LogP contribution in [0.4, 0.5) is 11.4 Å². The van der Waals surface area contributed by atoms with Crippen molar-refractivity contribution in [3.8, 4) is 0 Å². The quantitative estimate of drug-likeness (QED) is 0.571. The van der Waals surface area contributed by atoms with Gasteiger partial charge in [-0.1, -0.05) is 13.8 Å². The van der Waals surface area contributed by atoms with E-state index in [-0.39, 0.29) is 22.1 Å². The standard InChI is InChI=1S/C24H34N4O3/c1-22-11-17-12-23(2,14-22)16-24(13-17,15-22)25-21(29)18-4-5-19(20(10-18)28(30)31)27-8-6-26(3)7-9-27/h4-5,10,17H,6-9,11-16H2,1-3H3,(H,25,29)/p+1/t17?,22-,23+,24?. The van der Waals surface area contributed by atoms with Crippen molar-refractivity contribution >= 4 is 17.3 Å². The predicted octanol–water partition coefficient (Wildman–Crippen LogP) is 2.41. The van der Waals surface area contributed by atoms with Crippen LogP contribution in [0.15, 0.2) is 18.2 Å². The van der Waals surface area contributed by atoms with Crippen molar-refractivity contribution in [1.82, 2.24) is 5.32 Å². The Morgan fingerprint density at radius 3 is 2.35 bits per heavy atom. The first-order valence-electron chi connectivity index (χ1n) is 11.8. The van der Waals surface area contributed by atoms with Crippen LogP contribution in [0, 0.1) is 26.9 Å². The fourth-order valence-corrected chi connectivity index (χ4v) is 8.11. The number of nitro groups is 1. The lowest BCUT2D eigenvalue weighted by Gasteiger charge is -2.65. The Bertz CT molecular complexity index is 905. The SMILES string of the molecule is C[NH+]1CCN(c2ccc(C(=O)NC34CC5C[C@@](C)(C3)C[C@](C)(C5)C4)cc2[N+](=O)[O-])CC1. The van der Waals surface area contributed by atoms with Crippen LogP contribution in [0.3, 0.4) is 0 Å². The van der Waals surface area contributed by atoms with Crippen molar-refractivity contribution in [2.45, 2.75) is 57.9 Å². The maximum atomic E-state index is 13.3. The van der Waals surface area contributed by atoms with E-state index in [1.54, 1.807) is 12.1 Å². The molecule has 4 atom stereocenters. The normalized spacial score (nSPS) is 37.1. The van der Waals surface area contributed by atoms with Crippen molar-refractivity contribution < 1.29 is 14.6 Å². The molecule has 1 heterocycles. The zero-order valence-corrected chi connectivity index (χ0v) is 19.0. The topological polar surface area (TPSA) is 79.9 Å². The highest BCUT2D eigenvalue weighted by Crippen LogP contribution is 2.66. The molecule has 1 aliphatic heterocycles. The molecule has 31 heavy (non-hydrogen) atoms. The first-order chi connectivity index (χ1) is 14.6. The highest BCUT2D eigenvalue weighted by Gasteiger charge is 2.60. The molecule has 5 fully saturated rings. The van der Waals surface area contributed by atoms with Gasteiger partial charge in [-0.3, -0.25) is 14.9 Å². The largest absolute Gasteiger partial charge is 0.355 e. The molecule has 2 unspecified atom stereocenters. The number of piperazine rings is 1. The van der Waals surface area contributed by atoms with Crippen molar-refractivity contribution in [3.63, 3.8) is 0 Å². The lowest BCUT2D eigenvalue weighted by atomic mass is 9.43. The smallest absolute Gasteiger partial charge is 0.293 e. The van der Waals surface area contributed by atoms with E-state index in [4.69, 9.17) is 0 Å². The molecule has 5 aliphatic rings. The molecule has 6 rings (SSSR count). The number of likely N-dealkylation sites (N-methyl/N-ethyl adjacent to an activating group) is 1. The number of carbonyl (C=O) groups excluding carboxylic acids is 1. The molecular formula is C24H35N4O3+. The zero-order valence-electron chi connectivity index (χ0n) is 19.0. The predicted molar refractivity (Wildman–Crippen MR) is 120 cm³/mol. The number of carbonyl (C=O) groups is 1. The van der Waals surface area contributed by atoms with Crippen LogP contribution in [-0.2, 0) is 0 Å². The number of quaternary nitrogens is 1. The highest BCUT2D eigenvalue weighted by atomic mass is 16.6. The molecule has 1 amide bonds. The molecule has 1 aromatic rings. The fourth-order valence-electron chi connectivity index (χ4n) is 8.11. The Kier molecular flexibility index (Phi) is 4.63. The van der Waals surface area contributed by atoms with Crippen LogP contribution in [-0.4, -0.2) is 49.6 Å². The zero-order chi connectivity index (χ0) is 22.0. The molecule has 168 valence electrons. The monoisotopic (exact) mass is 427 g/mol. The number of benzene rings is 1. The molecule has 2 N–H and O–H groups in total. The summed E-state index contributed by atoms with van der Waals surface area (Å²) in [6, 6.07) is 5.03. The van der Waals surface area contributed by atoms with Gasteiger partial charge in [-0.05, 0) is 67.4 Å². The van der Waals surface area contributed by atoms with E-state index in [0.29, 0.717) is 28.0 Å². The lowest BCUT2D eigenvalue weighted by molar-refractivity contribution is -0.880. The van der Waals surface area contributed by atoms with Crippen LogP contribution in [0.5, 0.6) is 0 Å². The molecule has 1 aromatic carbocycles. The second-order valence-electron chi connectivity index (χ2n) is 11.8. The van der Waals surface area contributed by atoms with Crippen LogP contribution in [0.2, 0.25) is 0 Å².